The highest BCUT2D eigenvalue weighted by Crippen LogP contribution is 2.40. The molecule has 2 aliphatic rings. The van der Waals surface area contributed by atoms with Gasteiger partial charge in [0.2, 0.25) is 0 Å². The van der Waals surface area contributed by atoms with Crippen LogP contribution < -0.4 is 0 Å². The van der Waals surface area contributed by atoms with E-state index in [2.05, 4.69) is 0 Å². The summed E-state index contributed by atoms with van der Waals surface area (Å²) in [5.74, 6) is -4.99. The van der Waals surface area contributed by atoms with Gasteiger partial charge in [-0.05, 0) is 37.3 Å². The van der Waals surface area contributed by atoms with Gasteiger partial charge in [0.25, 0.3) is 0 Å². The fourth-order valence-electron chi connectivity index (χ4n) is 3.71. The highest BCUT2D eigenvalue weighted by Gasteiger charge is 2.45. The van der Waals surface area contributed by atoms with Crippen LogP contribution in [-0.4, -0.2) is 24.7 Å². The molecule has 2 aliphatic heterocycles. The second-order valence-corrected chi connectivity index (χ2v) is 8.92. The summed E-state index contributed by atoms with van der Waals surface area (Å²) in [4.78, 5) is 12.4. The number of rotatable bonds is 3. The van der Waals surface area contributed by atoms with E-state index in [9.17, 15) is 26.4 Å². The summed E-state index contributed by atoms with van der Waals surface area (Å²) in [5, 5.41) is -1.00. The third kappa shape index (κ3) is 2.91. The molecule has 2 bridgehead atoms. The molecule has 0 radical (unpaired) electrons. The predicted molar refractivity (Wildman–Crippen MR) is 78.1 cm³/mol. The van der Waals surface area contributed by atoms with Crippen molar-refractivity contribution in [2.45, 2.75) is 49.0 Å². The number of hydrogen-bond acceptors (Lipinski definition) is 3. The summed E-state index contributed by atoms with van der Waals surface area (Å²) in [6.07, 6.45) is 2.12. The van der Waals surface area contributed by atoms with Crippen molar-refractivity contribution < 1.29 is 26.4 Å². The summed E-state index contributed by atoms with van der Waals surface area (Å²) in [6, 6.07) is 1.85. The molecule has 0 N–H and O–H groups in total. The van der Waals surface area contributed by atoms with Crippen LogP contribution in [-0.2, 0) is 21.1 Å². The lowest BCUT2D eigenvalue weighted by Gasteiger charge is -2.38. The van der Waals surface area contributed by atoms with Gasteiger partial charge in [0.1, 0.15) is 5.78 Å². The van der Waals surface area contributed by atoms with Gasteiger partial charge >= 0.3 is 0 Å². The Bertz CT molecular complexity index is 725. The highest BCUT2D eigenvalue weighted by molar-refractivity contribution is 7.92. The Morgan fingerprint density at radius 2 is 1.65 bits per heavy atom. The Morgan fingerprint density at radius 3 is 2.26 bits per heavy atom. The van der Waals surface area contributed by atoms with E-state index in [4.69, 9.17) is 0 Å². The molecule has 0 aliphatic carbocycles. The Balaban J connectivity index is 1.76. The number of halogens is 3. The van der Waals surface area contributed by atoms with Crippen molar-refractivity contribution in [1.82, 2.24) is 0 Å². The normalized spacial score (nSPS) is 29.3. The van der Waals surface area contributed by atoms with Crippen molar-refractivity contribution in [3.05, 3.63) is 35.1 Å². The van der Waals surface area contributed by atoms with Crippen LogP contribution in [0.1, 0.15) is 37.7 Å². The van der Waals surface area contributed by atoms with Crippen molar-refractivity contribution in [1.29, 1.82) is 0 Å². The second kappa shape index (κ2) is 5.92. The predicted octanol–water partition coefficient (Wildman–Crippen LogP) is 2.96. The molecule has 7 heteroatoms. The lowest BCUT2D eigenvalue weighted by molar-refractivity contribution is -0.122. The third-order valence-corrected chi connectivity index (χ3v) is 7.73. The van der Waals surface area contributed by atoms with Crippen molar-refractivity contribution >= 4 is 15.6 Å². The van der Waals surface area contributed by atoms with Gasteiger partial charge in [0, 0.05) is 12.3 Å². The van der Waals surface area contributed by atoms with Crippen molar-refractivity contribution in [3.63, 3.8) is 0 Å². The summed E-state index contributed by atoms with van der Waals surface area (Å²) in [6.45, 7) is 0. The van der Waals surface area contributed by atoms with Gasteiger partial charge in [-0.15, -0.1) is 0 Å². The molecule has 0 spiro atoms. The summed E-state index contributed by atoms with van der Waals surface area (Å²) < 4.78 is 64.2. The molecule has 2 heterocycles. The highest BCUT2D eigenvalue weighted by atomic mass is 32.2. The second-order valence-electron chi connectivity index (χ2n) is 6.41. The Labute approximate surface area is 132 Å². The van der Waals surface area contributed by atoms with E-state index in [-0.39, 0.29) is 30.6 Å². The van der Waals surface area contributed by atoms with Crippen molar-refractivity contribution in [2.75, 3.05) is 0 Å². The lowest BCUT2D eigenvalue weighted by atomic mass is 9.84. The van der Waals surface area contributed by atoms with E-state index < -0.39 is 43.7 Å². The molecule has 2 unspecified atom stereocenters. The van der Waals surface area contributed by atoms with E-state index in [1.807, 2.05) is 0 Å². The molecule has 0 saturated carbocycles. The molecular weight excluding hydrogens is 329 g/mol. The maximum Gasteiger partial charge on any atom is 0.194 e. The van der Waals surface area contributed by atoms with Crippen molar-refractivity contribution in [3.8, 4) is 0 Å². The molecule has 3 rings (SSSR count). The van der Waals surface area contributed by atoms with E-state index in [0.717, 1.165) is 18.6 Å². The van der Waals surface area contributed by atoms with Gasteiger partial charge in [-0.25, -0.2) is 21.6 Å². The maximum absolute atomic E-state index is 13.7. The molecule has 23 heavy (non-hydrogen) atoms. The first kappa shape index (κ1) is 16.5. The van der Waals surface area contributed by atoms with Crippen LogP contribution in [0.25, 0.3) is 0 Å². The van der Waals surface area contributed by atoms with E-state index >= 15 is 0 Å². The SMILES string of the molecule is O=C(Cc1ccc(F)c(F)c1F)C1CC2CCCC(C1)S2(=O)=O. The summed E-state index contributed by atoms with van der Waals surface area (Å²) in [7, 11) is -3.16. The molecular formula is C16H17F3O3S. The van der Waals surface area contributed by atoms with Gasteiger partial charge in [-0.3, -0.25) is 4.79 Å². The third-order valence-electron chi connectivity index (χ3n) is 5.01. The average Bonchev–Trinajstić information content (AvgIpc) is 2.46. The van der Waals surface area contributed by atoms with Crippen LogP contribution in [0.15, 0.2) is 12.1 Å². The maximum atomic E-state index is 13.7. The zero-order chi connectivity index (χ0) is 16.8. The zero-order valence-electron chi connectivity index (χ0n) is 12.4. The molecule has 126 valence electrons. The van der Waals surface area contributed by atoms with Crippen molar-refractivity contribution in [2.24, 2.45) is 5.92 Å². The van der Waals surface area contributed by atoms with Gasteiger partial charge in [0.05, 0.1) is 10.5 Å². The molecule has 1 aromatic rings. The molecule has 1 aromatic carbocycles. The van der Waals surface area contributed by atoms with Gasteiger partial charge in [0.15, 0.2) is 27.3 Å². The number of sulfone groups is 1. The first-order valence-corrected chi connectivity index (χ1v) is 9.29. The van der Waals surface area contributed by atoms with Crippen LogP contribution in [0.3, 0.4) is 0 Å². The number of fused-ring (bicyclic) bond motifs is 2. The number of benzene rings is 1. The van der Waals surface area contributed by atoms with Gasteiger partial charge < -0.3 is 0 Å². The fourth-order valence-corrected chi connectivity index (χ4v) is 6.24. The van der Waals surface area contributed by atoms with Crippen LogP contribution >= 0.6 is 0 Å². The number of carbonyl (C=O) groups is 1. The van der Waals surface area contributed by atoms with E-state index in [1.54, 1.807) is 0 Å². The van der Waals surface area contributed by atoms with Crippen LogP contribution in [0.4, 0.5) is 13.2 Å². The van der Waals surface area contributed by atoms with E-state index in [0.29, 0.717) is 12.8 Å². The smallest absolute Gasteiger partial charge is 0.194 e. The minimum Gasteiger partial charge on any atom is -0.299 e. The van der Waals surface area contributed by atoms with Crippen LogP contribution in [0, 0.1) is 23.4 Å². The fraction of sp³-hybridized carbons (Fsp3) is 0.562. The minimum absolute atomic E-state index is 0.188. The largest absolute Gasteiger partial charge is 0.299 e. The Kier molecular flexibility index (Phi) is 4.25. The van der Waals surface area contributed by atoms with Gasteiger partial charge in [-0.2, -0.15) is 0 Å². The van der Waals surface area contributed by atoms with Gasteiger partial charge in [-0.1, -0.05) is 12.5 Å². The molecule has 0 amide bonds. The van der Waals surface area contributed by atoms with Crippen LogP contribution in [0.5, 0.6) is 0 Å². The number of hydrogen-bond donors (Lipinski definition) is 0. The number of ketones is 1. The first-order chi connectivity index (χ1) is 10.8. The number of Topliss-reactive ketones (excluding diaryl/α,β-unsaturated/α-hetero) is 1. The summed E-state index contributed by atoms with van der Waals surface area (Å²) in [5.41, 5.74) is -0.188. The topological polar surface area (TPSA) is 51.2 Å². The molecule has 3 nitrogen and oxygen atoms in total. The molecule has 2 atom stereocenters. The number of carbonyl (C=O) groups excluding carboxylic acids is 1. The van der Waals surface area contributed by atoms with Crippen LogP contribution in [0.2, 0.25) is 0 Å². The standard InChI is InChI=1S/C16H17F3O3S/c17-13-5-4-9(15(18)16(13)19)8-14(20)10-6-11-2-1-3-12(7-10)23(11,21)22/h4-5,10-12H,1-3,6-8H2. The molecule has 2 saturated heterocycles. The summed E-state index contributed by atoms with van der Waals surface area (Å²) >= 11 is 0. The zero-order valence-corrected chi connectivity index (χ0v) is 13.2. The Hall–Kier alpha value is -1.37. The Morgan fingerprint density at radius 1 is 1.04 bits per heavy atom. The monoisotopic (exact) mass is 346 g/mol. The minimum atomic E-state index is -3.16. The van der Waals surface area contributed by atoms with E-state index in [1.165, 1.54) is 0 Å². The lowest BCUT2D eigenvalue weighted by Crippen LogP contribution is -2.45. The quantitative estimate of drug-likeness (QED) is 0.791. The first-order valence-electron chi connectivity index (χ1n) is 7.68. The molecule has 2 fully saturated rings. The average molecular weight is 346 g/mol. The molecule has 0 aromatic heterocycles.